The molecule has 0 saturated carbocycles. The molecule has 0 bridgehead atoms. The van der Waals surface area contributed by atoms with Gasteiger partial charge < -0.3 is 15.1 Å². The molecule has 0 spiro atoms. The van der Waals surface area contributed by atoms with Crippen molar-refractivity contribution < 1.29 is 14.4 Å². The number of nitrogens with zero attached hydrogens (tertiary/aromatic N) is 2. The van der Waals surface area contributed by atoms with Gasteiger partial charge in [-0.3, -0.25) is 14.4 Å². The van der Waals surface area contributed by atoms with E-state index in [1.54, 1.807) is 23.1 Å². The van der Waals surface area contributed by atoms with Crippen molar-refractivity contribution in [2.24, 2.45) is 0 Å². The van der Waals surface area contributed by atoms with E-state index in [-0.39, 0.29) is 30.2 Å². The summed E-state index contributed by atoms with van der Waals surface area (Å²) in [7, 11) is 0. The molecule has 1 N–H and O–H groups in total. The number of carbonyl (C=O) groups is 3. The maximum atomic E-state index is 12.7. The average molecular weight is 440 g/mol. The van der Waals surface area contributed by atoms with Crippen molar-refractivity contribution in [1.29, 1.82) is 0 Å². The summed E-state index contributed by atoms with van der Waals surface area (Å²) in [6.45, 7) is 2.68. The van der Waals surface area contributed by atoms with Crippen LogP contribution in [0.15, 0.2) is 18.2 Å². The molecule has 6 nitrogen and oxygen atoms in total. The smallest absolute Gasteiger partial charge is 0.245 e. The molecule has 0 aromatic heterocycles. The van der Waals surface area contributed by atoms with Crippen molar-refractivity contribution in [2.45, 2.75) is 51.0 Å². The predicted octanol–water partition coefficient (Wildman–Crippen LogP) is 3.05. The van der Waals surface area contributed by atoms with E-state index in [4.69, 9.17) is 23.2 Å². The molecule has 158 valence electrons. The normalized spacial score (nSPS) is 18.9. The predicted molar refractivity (Wildman–Crippen MR) is 113 cm³/mol. The summed E-state index contributed by atoms with van der Waals surface area (Å²) in [5, 5.41) is 3.71. The lowest BCUT2D eigenvalue weighted by Gasteiger charge is -2.27. The minimum Gasteiger partial charge on any atom is -0.356 e. The first-order valence-corrected chi connectivity index (χ1v) is 11.0. The molecule has 1 aromatic carbocycles. The maximum absolute atomic E-state index is 12.7. The molecule has 0 aliphatic carbocycles. The Morgan fingerprint density at radius 3 is 2.52 bits per heavy atom. The van der Waals surface area contributed by atoms with Crippen molar-refractivity contribution in [3.05, 3.63) is 33.8 Å². The van der Waals surface area contributed by atoms with Crippen molar-refractivity contribution in [2.75, 3.05) is 26.2 Å². The lowest BCUT2D eigenvalue weighted by molar-refractivity contribution is -0.143. The van der Waals surface area contributed by atoms with Crippen molar-refractivity contribution in [3.63, 3.8) is 0 Å². The molecule has 2 aliphatic heterocycles. The second-order valence-electron chi connectivity index (χ2n) is 7.66. The zero-order valence-corrected chi connectivity index (χ0v) is 18.0. The van der Waals surface area contributed by atoms with Crippen LogP contribution in [0, 0.1) is 0 Å². The fourth-order valence-corrected chi connectivity index (χ4v) is 4.30. The highest BCUT2D eigenvalue weighted by atomic mass is 35.5. The molecule has 2 saturated heterocycles. The maximum Gasteiger partial charge on any atom is 0.245 e. The zero-order valence-electron chi connectivity index (χ0n) is 16.5. The molecule has 29 heavy (non-hydrogen) atoms. The van der Waals surface area contributed by atoms with Gasteiger partial charge in [0.25, 0.3) is 0 Å². The van der Waals surface area contributed by atoms with Gasteiger partial charge in [0.05, 0.1) is 16.5 Å². The summed E-state index contributed by atoms with van der Waals surface area (Å²) < 4.78 is 0. The third kappa shape index (κ3) is 5.86. The van der Waals surface area contributed by atoms with E-state index in [0.29, 0.717) is 36.0 Å². The first-order valence-electron chi connectivity index (χ1n) is 10.2. The van der Waals surface area contributed by atoms with Crippen LogP contribution in [0.3, 0.4) is 0 Å². The van der Waals surface area contributed by atoms with Crippen LogP contribution in [0.2, 0.25) is 10.0 Å². The molecule has 2 heterocycles. The van der Waals surface area contributed by atoms with Gasteiger partial charge in [0, 0.05) is 32.6 Å². The Hall–Kier alpha value is -1.79. The van der Waals surface area contributed by atoms with Crippen LogP contribution in [0.4, 0.5) is 0 Å². The topological polar surface area (TPSA) is 69.7 Å². The average Bonchev–Trinajstić information content (AvgIpc) is 3.39. The summed E-state index contributed by atoms with van der Waals surface area (Å²) in [5.74, 6) is -0.0267. The summed E-state index contributed by atoms with van der Waals surface area (Å²) in [4.78, 5) is 40.9. The first kappa shape index (κ1) is 21.9. The minimum atomic E-state index is -0.301. The Morgan fingerprint density at radius 1 is 1.03 bits per heavy atom. The highest BCUT2D eigenvalue weighted by molar-refractivity contribution is 6.42. The molecule has 3 rings (SSSR count). The van der Waals surface area contributed by atoms with E-state index in [1.165, 1.54) is 0 Å². The van der Waals surface area contributed by atoms with Crippen LogP contribution in [-0.2, 0) is 20.8 Å². The zero-order chi connectivity index (χ0) is 20.8. The number of rotatable bonds is 7. The number of nitrogens with one attached hydrogen (secondary N) is 1. The van der Waals surface area contributed by atoms with Crippen LogP contribution >= 0.6 is 23.2 Å². The largest absolute Gasteiger partial charge is 0.356 e. The van der Waals surface area contributed by atoms with Crippen LogP contribution in [0.5, 0.6) is 0 Å². The monoisotopic (exact) mass is 439 g/mol. The van der Waals surface area contributed by atoms with Crippen LogP contribution in [0.1, 0.15) is 44.1 Å². The molecule has 0 unspecified atom stereocenters. The summed E-state index contributed by atoms with van der Waals surface area (Å²) in [6.07, 6.45) is 4.81. The molecule has 2 fully saturated rings. The summed E-state index contributed by atoms with van der Waals surface area (Å²) in [6, 6.07) is 4.81. The fourth-order valence-electron chi connectivity index (χ4n) is 3.98. The molecule has 1 aromatic rings. The Morgan fingerprint density at radius 2 is 1.79 bits per heavy atom. The van der Waals surface area contributed by atoms with Gasteiger partial charge >= 0.3 is 0 Å². The van der Waals surface area contributed by atoms with Crippen molar-refractivity contribution in [3.8, 4) is 0 Å². The van der Waals surface area contributed by atoms with Gasteiger partial charge in [-0.05, 0) is 49.8 Å². The lowest BCUT2D eigenvalue weighted by Crippen LogP contribution is -2.47. The minimum absolute atomic E-state index is 0.00113. The van der Waals surface area contributed by atoms with Gasteiger partial charge in [-0.1, -0.05) is 29.3 Å². The van der Waals surface area contributed by atoms with E-state index in [1.807, 2.05) is 4.90 Å². The van der Waals surface area contributed by atoms with Gasteiger partial charge in [0.2, 0.25) is 17.7 Å². The van der Waals surface area contributed by atoms with Gasteiger partial charge in [-0.2, -0.15) is 0 Å². The van der Waals surface area contributed by atoms with E-state index in [2.05, 4.69) is 5.32 Å². The van der Waals surface area contributed by atoms with E-state index < -0.39 is 0 Å². The molecule has 3 amide bonds. The number of amides is 3. The third-order valence-electron chi connectivity index (χ3n) is 5.51. The number of benzene rings is 1. The van der Waals surface area contributed by atoms with Crippen molar-refractivity contribution in [1.82, 2.24) is 15.1 Å². The second kappa shape index (κ2) is 10.3. The van der Waals surface area contributed by atoms with E-state index >= 15 is 0 Å². The summed E-state index contributed by atoms with van der Waals surface area (Å²) in [5.41, 5.74) is 0.785. The quantitative estimate of drug-likeness (QED) is 0.663. The third-order valence-corrected chi connectivity index (χ3v) is 6.25. The first-order chi connectivity index (χ1) is 14.0. The molecule has 1 atom stereocenters. The standard InChI is InChI=1S/C21H27Cl2N3O3/c22-16-8-7-15(13-17(16)23)14-19(27)24-9-3-6-20(28)26-12-4-5-18(26)21(29)25-10-1-2-11-25/h7-8,13,18H,1-6,9-12,14H2,(H,24,27)/t18-/m0/s1. The van der Waals surface area contributed by atoms with Gasteiger partial charge in [0.15, 0.2) is 0 Å². The van der Waals surface area contributed by atoms with Crippen molar-refractivity contribution >= 4 is 40.9 Å². The van der Waals surface area contributed by atoms with Gasteiger partial charge in [-0.15, -0.1) is 0 Å². The number of carbonyl (C=O) groups excluding carboxylic acids is 3. The molecule has 2 aliphatic rings. The highest BCUT2D eigenvalue weighted by Gasteiger charge is 2.36. The summed E-state index contributed by atoms with van der Waals surface area (Å²) >= 11 is 11.8. The Labute approximate surface area is 181 Å². The number of hydrogen-bond acceptors (Lipinski definition) is 3. The SMILES string of the molecule is O=C(Cc1ccc(Cl)c(Cl)c1)NCCCC(=O)N1CCC[C@H]1C(=O)N1CCCC1. The molecule has 8 heteroatoms. The van der Waals surface area contributed by atoms with Crippen LogP contribution < -0.4 is 5.32 Å². The molecular weight excluding hydrogens is 413 g/mol. The number of hydrogen-bond donors (Lipinski definition) is 1. The Kier molecular flexibility index (Phi) is 7.78. The molecule has 0 radical (unpaired) electrons. The van der Waals surface area contributed by atoms with Crippen LogP contribution in [0.25, 0.3) is 0 Å². The van der Waals surface area contributed by atoms with Gasteiger partial charge in [0.1, 0.15) is 6.04 Å². The second-order valence-corrected chi connectivity index (χ2v) is 8.47. The van der Waals surface area contributed by atoms with Crippen LogP contribution in [-0.4, -0.2) is 59.7 Å². The molecular formula is C21H27Cl2N3O3. The van der Waals surface area contributed by atoms with E-state index in [0.717, 1.165) is 44.3 Å². The number of likely N-dealkylation sites (tertiary alicyclic amines) is 2. The lowest BCUT2D eigenvalue weighted by atomic mass is 10.1. The highest BCUT2D eigenvalue weighted by Crippen LogP contribution is 2.23. The Bertz CT molecular complexity index is 766. The van der Waals surface area contributed by atoms with E-state index in [9.17, 15) is 14.4 Å². The fraction of sp³-hybridized carbons (Fsp3) is 0.571. The Balaban J connectivity index is 1.39. The number of halogens is 2. The van der Waals surface area contributed by atoms with Gasteiger partial charge in [-0.25, -0.2) is 0 Å².